The minimum absolute atomic E-state index is 0.0209. The molecule has 0 spiro atoms. The molecule has 0 aliphatic heterocycles. The van der Waals surface area contributed by atoms with Crippen molar-refractivity contribution in [2.24, 2.45) is 0 Å². The average Bonchev–Trinajstić information content (AvgIpc) is 2.81. The van der Waals surface area contributed by atoms with Crippen molar-refractivity contribution in [3.8, 4) is 17.2 Å². The highest BCUT2D eigenvalue weighted by molar-refractivity contribution is 5.99. The predicted octanol–water partition coefficient (Wildman–Crippen LogP) is 4.16. The van der Waals surface area contributed by atoms with E-state index in [9.17, 15) is 19.2 Å². The standard InChI is InChI=1S/C25H16O8/c1-15(26)30-18-13-8-14-19-20(18)21(32-23(27)16-9-4-2-5-10-16)22(25(29)31-19)33-24(28)17-11-6-3-7-12-17/h2-14H,1H3. The van der Waals surface area contributed by atoms with E-state index < -0.39 is 35.0 Å². The van der Waals surface area contributed by atoms with Crippen molar-refractivity contribution in [2.45, 2.75) is 6.92 Å². The second-order valence-electron chi connectivity index (χ2n) is 6.78. The van der Waals surface area contributed by atoms with Gasteiger partial charge in [0, 0.05) is 6.92 Å². The molecule has 0 fully saturated rings. The summed E-state index contributed by atoms with van der Waals surface area (Å²) < 4.78 is 21.3. The van der Waals surface area contributed by atoms with Crippen molar-refractivity contribution in [1.29, 1.82) is 0 Å². The minimum atomic E-state index is -1.05. The molecule has 0 amide bonds. The average molecular weight is 444 g/mol. The molecule has 0 saturated heterocycles. The van der Waals surface area contributed by atoms with Crippen molar-refractivity contribution in [3.63, 3.8) is 0 Å². The quantitative estimate of drug-likeness (QED) is 0.256. The van der Waals surface area contributed by atoms with E-state index in [1.807, 2.05) is 0 Å². The summed E-state index contributed by atoms with van der Waals surface area (Å²) in [5.41, 5.74) is -0.744. The zero-order chi connectivity index (χ0) is 23.4. The van der Waals surface area contributed by atoms with Crippen LogP contribution in [0.1, 0.15) is 27.6 Å². The fourth-order valence-corrected chi connectivity index (χ4v) is 3.05. The van der Waals surface area contributed by atoms with E-state index in [1.165, 1.54) is 49.4 Å². The molecule has 0 bridgehead atoms. The molecule has 0 atom stereocenters. The lowest BCUT2D eigenvalue weighted by molar-refractivity contribution is -0.131. The summed E-state index contributed by atoms with van der Waals surface area (Å²) >= 11 is 0. The summed E-state index contributed by atoms with van der Waals surface area (Å²) in [6.45, 7) is 1.18. The van der Waals surface area contributed by atoms with E-state index >= 15 is 0 Å². The molecule has 0 N–H and O–H groups in total. The SMILES string of the molecule is CC(=O)Oc1cccc2oc(=O)c(OC(=O)c3ccccc3)c(OC(=O)c3ccccc3)c12. The van der Waals surface area contributed by atoms with Gasteiger partial charge in [0.05, 0.1) is 11.1 Å². The van der Waals surface area contributed by atoms with Crippen LogP contribution < -0.4 is 19.8 Å². The zero-order valence-electron chi connectivity index (χ0n) is 17.3. The first-order chi connectivity index (χ1) is 15.9. The smallest absolute Gasteiger partial charge is 0.383 e. The number of carbonyl (C=O) groups is 3. The Morgan fingerprint density at radius 2 is 1.21 bits per heavy atom. The Labute approximate surface area is 186 Å². The van der Waals surface area contributed by atoms with Gasteiger partial charge in [-0.25, -0.2) is 14.4 Å². The maximum atomic E-state index is 12.8. The van der Waals surface area contributed by atoms with Gasteiger partial charge < -0.3 is 18.6 Å². The van der Waals surface area contributed by atoms with Gasteiger partial charge in [0.15, 0.2) is 5.75 Å². The molecule has 0 unspecified atom stereocenters. The Kier molecular flexibility index (Phi) is 5.99. The molecule has 1 aromatic heterocycles. The molecule has 0 aliphatic carbocycles. The normalized spacial score (nSPS) is 10.5. The Hall–Kier alpha value is -4.72. The first-order valence-electron chi connectivity index (χ1n) is 9.76. The molecule has 164 valence electrons. The van der Waals surface area contributed by atoms with Gasteiger partial charge in [-0.3, -0.25) is 4.79 Å². The molecule has 8 heteroatoms. The van der Waals surface area contributed by atoms with Gasteiger partial charge in [-0.15, -0.1) is 0 Å². The molecule has 0 aliphatic rings. The van der Waals surface area contributed by atoms with Crippen molar-refractivity contribution < 1.29 is 33.0 Å². The molecular formula is C25H16O8. The van der Waals surface area contributed by atoms with E-state index in [1.54, 1.807) is 36.4 Å². The van der Waals surface area contributed by atoms with E-state index in [4.69, 9.17) is 18.6 Å². The molecule has 0 radical (unpaired) electrons. The Morgan fingerprint density at radius 3 is 1.76 bits per heavy atom. The highest BCUT2D eigenvalue weighted by Gasteiger charge is 2.26. The van der Waals surface area contributed by atoms with Gasteiger partial charge in [0.2, 0.25) is 0 Å². The number of ether oxygens (including phenoxy) is 3. The highest BCUT2D eigenvalue weighted by atomic mass is 16.6. The second kappa shape index (κ2) is 9.19. The summed E-state index contributed by atoms with van der Waals surface area (Å²) in [6.07, 6.45) is 0. The monoisotopic (exact) mass is 444 g/mol. The maximum Gasteiger partial charge on any atom is 0.383 e. The van der Waals surface area contributed by atoms with Crippen molar-refractivity contribution in [3.05, 3.63) is 100 Å². The number of carbonyl (C=O) groups excluding carboxylic acids is 3. The van der Waals surface area contributed by atoms with E-state index in [-0.39, 0.29) is 27.8 Å². The van der Waals surface area contributed by atoms with Crippen LogP contribution in [-0.2, 0) is 4.79 Å². The predicted molar refractivity (Wildman–Crippen MR) is 117 cm³/mol. The molecule has 33 heavy (non-hydrogen) atoms. The van der Waals surface area contributed by atoms with Gasteiger partial charge in [0.25, 0.3) is 5.75 Å². The third-order valence-corrected chi connectivity index (χ3v) is 4.47. The minimum Gasteiger partial charge on any atom is -0.426 e. The van der Waals surface area contributed by atoms with Crippen LogP contribution in [0.5, 0.6) is 17.2 Å². The van der Waals surface area contributed by atoms with Crippen LogP contribution in [0.4, 0.5) is 0 Å². The second-order valence-corrected chi connectivity index (χ2v) is 6.78. The Bertz CT molecular complexity index is 1410. The lowest BCUT2D eigenvalue weighted by Gasteiger charge is -2.14. The van der Waals surface area contributed by atoms with E-state index in [2.05, 4.69) is 0 Å². The summed E-state index contributed by atoms with van der Waals surface area (Å²) in [5, 5.41) is -0.0209. The number of rotatable bonds is 5. The lowest BCUT2D eigenvalue weighted by Crippen LogP contribution is -2.18. The lowest BCUT2D eigenvalue weighted by atomic mass is 10.2. The number of benzene rings is 3. The van der Waals surface area contributed by atoms with Crippen LogP contribution in [-0.4, -0.2) is 17.9 Å². The van der Waals surface area contributed by atoms with Crippen molar-refractivity contribution >= 4 is 28.9 Å². The van der Waals surface area contributed by atoms with Crippen molar-refractivity contribution in [1.82, 2.24) is 0 Å². The van der Waals surface area contributed by atoms with Crippen LogP contribution in [0.3, 0.4) is 0 Å². The molecule has 1 heterocycles. The fraction of sp³-hybridized carbons (Fsp3) is 0.0400. The van der Waals surface area contributed by atoms with Gasteiger partial charge in [0.1, 0.15) is 16.7 Å². The Morgan fingerprint density at radius 1 is 0.667 bits per heavy atom. The van der Waals surface area contributed by atoms with Crippen LogP contribution in [0.25, 0.3) is 11.0 Å². The van der Waals surface area contributed by atoms with E-state index in [0.29, 0.717) is 0 Å². The van der Waals surface area contributed by atoms with Gasteiger partial charge in [-0.1, -0.05) is 42.5 Å². The summed E-state index contributed by atoms with van der Waals surface area (Å²) in [7, 11) is 0. The first-order valence-corrected chi connectivity index (χ1v) is 9.76. The van der Waals surface area contributed by atoms with Gasteiger partial charge in [-0.2, -0.15) is 0 Å². The molecular weight excluding hydrogens is 428 g/mol. The maximum absolute atomic E-state index is 12.8. The van der Waals surface area contributed by atoms with Gasteiger partial charge >= 0.3 is 23.5 Å². The number of hydrogen-bond acceptors (Lipinski definition) is 8. The highest BCUT2D eigenvalue weighted by Crippen LogP contribution is 2.39. The van der Waals surface area contributed by atoms with E-state index in [0.717, 1.165) is 0 Å². The molecule has 3 aromatic carbocycles. The summed E-state index contributed by atoms with van der Waals surface area (Å²) in [5.74, 6) is -3.45. The van der Waals surface area contributed by atoms with Gasteiger partial charge in [-0.05, 0) is 36.4 Å². The largest absolute Gasteiger partial charge is 0.426 e. The van der Waals surface area contributed by atoms with Crippen LogP contribution in [0.15, 0.2) is 88.1 Å². The van der Waals surface area contributed by atoms with Crippen molar-refractivity contribution in [2.75, 3.05) is 0 Å². The third kappa shape index (κ3) is 4.64. The Balaban J connectivity index is 1.89. The fourth-order valence-electron chi connectivity index (χ4n) is 3.05. The topological polar surface area (TPSA) is 109 Å². The first kappa shape index (κ1) is 21.5. The molecule has 4 aromatic rings. The zero-order valence-corrected chi connectivity index (χ0v) is 17.3. The molecule has 8 nitrogen and oxygen atoms in total. The number of fused-ring (bicyclic) bond motifs is 1. The summed E-state index contributed by atoms with van der Waals surface area (Å²) in [4.78, 5) is 49.8. The number of esters is 3. The summed E-state index contributed by atoms with van der Waals surface area (Å²) in [6, 6.07) is 20.3. The molecule has 0 saturated carbocycles. The van der Waals surface area contributed by atoms with Crippen LogP contribution >= 0.6 is 0 Å². The number of hydrogen-bond donors (Lipinski definition) is 0. The molecule has 4 rings (SSSR count). The van der Waals surface area contributed by atoms with Crippen LogP contribution in [0.2, 0.25) is 0 Å². The van der Waals surface area contributed by atoms with Crippen LogP contribution in [0, 0.1) is 0 Å². The third-order valence-electron chi connectivity index (χ3n) is 4.47.